The van der Waals surface area contributed by atoms with Crippen LogP contribution in [0.2, 0.25) is 0 Å². The van der Waals surface area contributed by atoms with E-state index in [0.717, 1.165) is 11.1 Å². The maximum Gasteiger partial charge on any atom is 0.271 e. The summed E-state index contributed by atoms with van der Waals surface area (Å²) in [5, 5.41) is 16.1. The Morgan fingerprint density at radius 1 is 1.08 bits per heavy atom. The van der Waals surface area contributed by atoms with Gasteiger partial charge in [-0.2, -0.15) is 0 Å². The van der Waals surface area contributed by atoms with Crippen molar-refractivity contribution in [1.29, 1.82) is 0 Å². The molecule has 25 heavy (non-hydrogen) atoms. The van der Waals surface area contributed by atoms with Crippen LogP contribution in [-0.2, 0) is 16.0 Å². The second-order valence-corrected chi connectivity index (χ2v) is 5.57. The number of anilines is 1. The van der Waals surface area contributed by atoms with E-state index in [1.165, 1.54) is 12.1 Å². The first-order chi connectivity index (χ1) is 12.0. The van der Waals surface area contributed by atoms with Gasteiger partial charge in [0.15, 0.2) is 0 Å². The van der Waals surface area contributed by atoms with Gasteiger partial charge in [-0.15, -0.1) is 0 Å². The SMILES string of the molecule is Cc1ccc([N+](=O)[O-])cc1NC(=O)CCNC(=O)Cc1ccccc1. The Labute approximate surface area is 145 Å². The molecule has 0 radical (unpaired) electrons. The van der Waals surface area contributed by atoms with Crippen molar-refractivity contribution < 1.29 is 14.5 Å². The van der Waals surface area contributed by atoms with E-state index in [1.807, 2.05) is 30.3 Å². The van der Waals surface area contributed by atoms with E-state index < -0.39 is 4.92 Å². The van der Waals surface area contributed by atoms with Crippen LogP contribution in [0.25, 0.3) is 0 Å². The van der Waals surface area contributed by atoms with Gasteiger partial charge in [-0.05, 0) is 18.1 Å². The molecule has 7 nitrogen and oxygen atoms in total. The van der Waals surface area contributed by atoms with Crippen molar-refractivity contribution in [2.24, 2.45) is 0 Å². The monoisotopic (exact) mass is 341 g/mol. The van der Waals surface area contributed by atoms with Crippen molar-refractivity contribution in [2.45, 2.75) is 19.8 Å². The van der Waals surface area contributed by atoms with Crippen molar-refractivity contribution in [3.8, 4) is 0 Å². The first-order valence-electron chi connectivity index (χ1n) is 7.81. The molecular formula is C18H19N3O4. The summed E-state index contributed by atoms with van der Waals surface area (Å²) in [7, 11) is 0. The molecule has 0 saturated heterocycles. The second kappa shape index (κ2) is 8.58. The smallest absolute Gasteiger partial charge is 0.271 e. The number of benzene rings is 2. The molecule has 130 valence electrons. The largest absolute Gasteiger partial charge is 0.355 e. The number of carbonyl (C=O) groups excluding carboxylic acids is 2. The van der Waals surface area contributed by atoms with Crippen molar-refractivity contribution in [3.05, 3.63) is 69.8 Å². The van der Waals surface area contributed by atoms with E-state index in [4.69, 9.17) is 0 Å². The van der Waals surface area contributed by atoms with E-state index in [0.29, 0.717) is 5.69 Å². The van der Waals surface area contributed by atoms with E-state index in [1.54, 1.807) is 13.0 Å². The highest BCUT2D eigenvalue weighted by Crippen LogP contribution is 2.21. The molecular weight excluding hydrogens is 322 g/mol. The standard InChI is InChI=1S/C18H19N3O4/c1-13-7-8-15(21(24)25)12-16(13)20-17(22)9-10-19-18(23)11-14-5-3-2-4-6-14/h2-8,12H,9-11H2,1H3,(H,19,23)(H,20,22). The van der Waals surface area contributed by atoms with Crippen LogP contribution in [0.5, 0.6) is 0 Å². The maximum absolute atomic E-state index is 12.0. The van der Waals surface area contributed by atoms with Crippen LogP contribution >= 0.6 is 0 Å². The summed E-state index contributed by atoms with van der Waals surface area (Å²) < 4.78 is 0. The minimum absolute atomic E-state index is 0.0860. The number of rotatable bonds is 7. The van der Waals surface area contributed by atoms with Crippen molar-refractivity contribution >= 4 is 23.2 Å². The highest BCUT2D eigenvalue weighted by Gasteiger charge is 2.11. The Bertz CT molecular complexity index is 775. The molecule has 0 aliphatic carbocycles. The van der Waals surface area contributed by atoms with Crippen LogP contribution in [-0.4, -0.2) is 23.3 Å². The van der Waals surface area contributed by atoms with Crippen LogP contribution in [0, 0.1) is 17.0 Å². The molecule has 2 aromatic rings. The zero-order chi connectivity index (χ0) is 18.2. The van der Waals surface area contributed by atoms with Gasteiger partial charge >= 0.3 is 0 Å². The summed E-state index contributed by atoms with van der Waals surface area (Å²) in [4.78, 5) is 34.0. The lowest BCUT2D eigenvalue weighted by Gasteiger charge is -2.09. The van der Waals surface area contributed by atoms with Crippen molar-refractivity contribution in [2.75, 3.05) is 11.9 Å². The molecule has 2 rings (SSSR count). The molecule has 0 aromatic heterocycles. The van der Waals surface area contributed by atoms with Gasteiger partial charge in [0.05, 0.1) is 17.0 Å². The predicted octanol–water partition coefficient (Wildman–Crippen LogP) is 2.59. The number of non-ortho nitro benzene ring substituents is 1. The molecule has 0 aliphatic heterocycles. The lowest BCUT2D eigenvalue weighted by atomic mass is 10.1. The number of hydrogen-bond donors (Lipinski definition) is 2. The summed E-state index contributed by atoms with van der Waals surface area (Å²) in [5.41, 5.74) is 1.94. The molecule has 0 bridgehead atoms. The van der Waals surface area contributed by atoms with Gasteiger partial charge in [0.25, 0.3) is 5.69 Å². The van der Waals surface area contributed by atoms with E-state index in [9.17, 15) is 19.7 Å². The third-order valence-electron chi connectivity index (χ3n) is 3.59. The third kappa shape index (κ3) is 5.72. The highest BCUT2D eigenvalue weighted by atomic mass is 16.6. The normalized spacial score (nSPS) is 10.1. The number of nitrogens with zero attached hydrogens (tertiary/aromatic N) is 1. The van der Waals surface area contributed by atoms with Gasteiger partial charge in [0, 0.05) is 25.1 Å². The number of nitro benzene ring substituents is 1. The van der Waals surface area contributed by atoms with Gasteiger partial charge in [0.1, 0.15) is 0 Å². The molecule has 2 amide bonds. The Balaban J connectivity index is 1.80. The van der Waals surface area contributed by atoms with E-state index >= 15 is 0 Å². The average Bonchev–Trinajstić information content (AvgIpc) is 2.57. The molecule has 2 N–H and O–H groups in total. The topological polar surface area (TPSA) is 101 Å². The summed E-state index contributed by atoms with van der Waals surface area (Å²) in [6.45, 7) is 1.95. The lowest BCUT2D eigenvalue weighted by molar-refractivity contribution is -0.384. The van der Waals surface area contributed by atoms with Gasteiger partial charge < -0.3 is 10.6 Å². The van der Waals surface area contributed by atoms with Crippen LogP contribution in [0.4, 0.5) is 11.4 Å². The van der Waals surface area contributed by atoms with E-state index in [2.05, 4.69) is 10.6 Å². The van der Waals surface area contributed by atoms with Crippen LogP contribution < -0.4 is 10.6 Å². The molecule has 0 heterocycles. The molecule has 0 aliphatic rings. The Morgan fingerprint density at radius 2 is 1.80 bits per heavy atom. The molecule has 0 spiro atoms. The molecule has 7 heteroatoms. The Hall–Kier alpha value is -3.22. The number of nitro groups is 1. The Kier molecular flexibility index (Phi) is 6.22. The summed E-state index contributed by atoms with van der Waals surface area (Å²) in [6.07, 6.45) is 0.342. The first kappa shape index (κ1) is 18.1. The average molecular weight is 341 g/mol. The quantitative estimate of drug-likeness (QED) is 0.597. The first-order valence-corrected chi connectivity index (χ1v) is 7.81. The highest BCUT2D eigenvalue weighted by molar-refractivity contribution is 5.92. The molecule has 0 fully saturated rings. The fourth-order valence-corrected chi connectivity index (χ4v) is 2.23. The third-order valence-corrected chi connectivity index (χ3v) is 3.59. The number of aryl methyl sites for hydroxylation is 1. The van der Waals surface area contributed by atoms with Crippen LogP contribution in [0.1, 0.15) is 17.5 Å². The lowest BCUT2D eigenvalue weighted by Crippen LogP contribution is -2.29. The summed E-state index contributed by atoms with van der Waals surface area (Å²) in [5.74, 6) is -0.478. The molecule has 0 atom stereocenters. The fourth-order valence-electron chi connectivity index (χ4n) is 2.23. The zero-order valence-electron chi connectivity index (χ0n) is 13.8. The molecule has 0 saturated carbocycles. The van der Waals surface area contributed by atoms with Gasteiger partial charge in [-0.3, -0.25) is 19.7 Å². The fraction of sp³-hybridized carbons (Fsp3) is 0.222. The summed E-state index contributed by atoms with van der Waals surface area (Å²) in [6, 6.07) is 13.6. The van der Waals surface area contributed by atoms with Gasteiger partial charge in [0.2, 0.25) is 11.8 Å². The van der Waals surface area contributed by atoms with Crippen LogP contribution in [0.15, 0.2) is 48.5 Å². The van der Waals surface area contributed by atoms with Gasteiger partial charge in [-0.1, -0.05) is 36.4 Å². The molecule has 2 aromatic carbocycles. The second-order valence-electron chi connectivity index (χ2n) is 5.57. The number of amides is 2. The number of carbonyl (C=O) groups is 2. The van der Waals surface area contributed by atoms with Crippen molar-refractivity contribution in [1.82, 2.24) is 5.32 Å². The molecule has 0 unspecified atom stereocenters. The van der Waals surface area contributed by atoms with Crippen LogP contribution in [0.3, 0.4) is 0 Å². The maximum atomic E-state index is 12.0. The number of hydrogen-bond acceptors (Lipinski definition) is 4. The number of nitrogens with one attached hydrogen (secondary N) is 2. The zero-order valence-corrected chi connectivity index (χ0v) is 13.8. The van der Waals surface area contributed by atoms with Gasteiger partial charge in [-0.25, -0.2) is 0 Å². The summed E-state index contributed by atoms with van der Waals surface area (Å²) >= 11 is 0. The minimum Gasteiger partial charge on any atom is -0.355 e. The minimum atomic E-state index is -0.515. The Morgan fingerprint density at radius 3 is 2.48 bits per heavy atom. The van der Waals surface area contributed by atoms with E-state index in [-0.39, 0.29) is 36.9 Å². The van der Waals surface area contributed by atoms with Crippen molar-refractivity contribution in [3.63, 3.8) is 0 Å². The predicted molar refractivity (Wildman–Crippen MR) is 94.2 cm³/mol.